The zero-order valence-corrected chi connectivity index (χ0v) is 9.55. The van der Waals surface area contributed by atoms with Crippen LogP contribution in [0.25, 0.3) is 0 Å². The Balaban J connectivity index is 2.07. The molecule has 0 saturated heterocycles. The average molecular weight is 251 g/mol. The number of aryl methyl sites for hydroxylation is 2. The first kappa shape index (κ1) is 10.2. The van der Waals surface area contributed by atoms with Gasteiger partial charge in [-0.15, -0.1) is 11.3 Å². The quantitative estimate of drug-likeness (QED) is 0.820. The summed E-state index contributed by atoms with van der Waals surface area (Å²) in [7, 11) is 0. The average Bonchev–Trinajstić information content (AvgIpc) is 2.63. The van der Waals surface area contributed by atoms with Crippen molar-refractivity contribution in [1.82, 2.24) is 4.98 Å². The molecular formula is C8H8Cl2N2OS. The van der Waals surface area contributed by atoms with E-state index in [4.69, 9.17) is 23.2 Å². The van der Waals surface area contributed by atoms with Crippen molar-refractivity contribution in [2.24, 2.45) is 0 Å². The molecule has 6 heteroatoms. The molecule has 0 atom stereocenters. The molecule has 1 heterocycles. The molecule has 0 spiro atoms. The van der Waals surface area contributed by atoms with Crippen molar-refractivity contribution in [3.63, 3.8) is 0 Å². The highest BCUT2D eigenvalue weighted by Crippen LogP contribution is 2.30. The maximum atomic E-state index is 11.1. The van der Waals surface area contributed by atoms with Crippen molar-refractivity contribution in [2.45, 2.75) is 24.1 Å². The van der Waals surface area contributed by atoms with E-state index in [1.54, 1.807) is 0 Å². The van der Waals surface area contributed by atoms with Crippen molar-refractivity contribution in [3.05, 3.63) is 10.6 Å². The topological polar surface area (TPSA) is 42.0 Å². The molecule has 2 rings (SSSR count). The second-order valence-electron chi connectivity index (χ2n) is 3.03. The predicted octanol–water partition coefficient (Wildman–Crippen LogP) is 2.37. The van der Waals surface area contributed by atoms with Gasteiger partial charge in [0.05, 0.1) is 5.69 Å². The minimum absolute atomic E-state index is 0.416. The van der Waals surface area contributed by atoms with E-state index in [2.05, 4.69) is 10.3 Å². The fourth-order valence-corrected chi connectivity index (χ4v) is 2.57. The highest BCUT2D eigenvalue weighted by molar-refractivity contribution is 7.16. The van der Waals surface area contributed by atoms with Crippen molar-refractivity contribution in [2.75, 3.05) is 5.32 Å². The molecule has 1 amide bonds. The Labute approximate surface area is 95.4 Å². The lowest BCUT2D eigenvalue weighted by Crippen LogP contribution is -2.18. The van der Waals surface area contributed by atoms with E-state index < -0.39 is 10.7 Å². The van der Waals surface area contributed by atoms with Gasteiger partial charge in [0.2, 0.25) is 0 Å². The number of anilines is 1. The first-order valence-electron chi connectivity index (χ1n) is 4.24. The molecule has 0 saturated carbocycles. The summed E-state index contributed by atoms with van der Waals surface area (Å²) in [5, 5.41) is 3.18. The maximum absolute atomic E-state index is 11.1. The normalized spacial score (nSPS) is 14.5. The zero-order chi connectivity index (χ0) is 10.1. The number of aromatic nitrogens is 1. The number of amides is 1. The smallest absolute Gasteiger partial charge is 0.259 e. The van der Waals surface area contributed by atoms with E-state index in [0.717, 1.165) is 25.0 Å². The number of thiazole rings is 1. The Morgan fingerprint density at radius 1 is 1.50 bits per heavy atom. The van der Waals surface area contributed by atoms with E-state index in [9.17, 15) is 4.79 Å². The van der Waals surface area contributed by atoms with Crippen LogP contribution in [0.1, 0.15) is 17.0 Å². The zero-order valence-electron chi connectivity index (χ0n) is 7.22. The van der Waals surface area contributed by atoms with Gasteiger partial charge in [-0.2, -0.15) is 0 Å². The molecular weight excluding hydrogens is 243 g/mol. The molecule has 14 heavy (non-hydrogen) atoms. The summed E-state index contributed by atoms with van der Waals surface area (Å²) in [5.74, 6) is -0.416. The summed E-state index contributed by atoms with van der Waals surface area (Å²) in [6, 6.07) is 0. The largest absolute Gasteiger partial charge is 0.300 e. The summed E-state index contributed by atoms with van der Waals surface area (Å²) in [6.07, 6.45) is 3.23. The lowest BCUT2D eigenvalue weighted by molar-refractivity contribution is -0.114. The van der Waals surface area contributed by atoms with E-state index in [1.165, 1.54) is 16.2 Å². The molecule has 0 aromatic carbocycles. The molecule has 3 nitrogen and oxygen atoms in total. The van der Waals surface area contributed by atoms with Gasteiger partial charge in [-0.05, 0) is 19.3 Å². The number of hydrogen-bond acceptors (Lipinski definition) is 3. The van der Waals surface area contributed by atoms with Crippen molar-refractivity contribution in [1.29, 1.82) is 0 Å². The van der Waals surface area contributed by atoms with E-state index >= 15 is 0 Å². The standard InChI is InChI=1S/C8H8Cl2N2OS/c9-6(10)7(13)12-8-11-4-2-1-3-5(4)14-8/h6H,1-3H2,(H,11,12,13). The minimum Gasteiger partial charge on any atom is -0.300 e. The monoisotopic (exact) mass is 250 g/mol. The summed E-state index contributed by atoms with van der Waals surface area (Å²) in [4.78, 5) is 15.6. The number of halogens is 2. The highest BCUT2D eigenvalue weighted by Gasteiger charge is 2.19. The Kier molecular flexibility index (Phi) is 2.95. The maximum Gasteiger partial charge on any atom is 0.259 e. The van der Waals surface area contributed by atoms with Crippen LogP contribution in [0, 0.1) is 0 Å². The molecule has 0 fully saturated rings. The molecule has 0 radical (unpaired) electrons. The van der Waals surface area contributed by atoms with Crippen LogP contribution in [0.4, 0.5) is 5.13 Å². The Morgan fingerprint density at radius 2 is 2.29 bits per heavy atom. The van der Waals surface area contributed by atoms with Gasteiger partial charge in [0, 0.05) is 4.88 Å². The number of carbonyl (C=O) groups is 1. The van der Waals surface area contributed by atoms with Crippen molar-refractivity contribution < 1.29 is 4.79 Å². The van der Waals surface area contributed by atoms with Crippen LogP contribution in [0.15, 0.2) is 0 Å². The number of carbonyl (C=O) groups excluding carboxylic acids is 1. The summed E-state index contributed by atoms with van der Waals surface area (Å²) in [5.41, 5.74) is 1.10. The third-order valence-electron chi connectivity index (χ3n) is 2.02. The first-order valence-corrected chi connectivity index (χ1v) is 5.93. The van der Waals surface area contributed by atoms with Crippen LogP contribution in [-0.4, -0.2) is 15.7 Å². The lowest BCUT2D eigenvalue weighted by atomic mass is 10.4. The van der Waals surface area contributed by atoms with Crippen molar-refractivity contribution >= 4 is 45.6 Å². The lowest BCUT2D eigenvalue weighted by Gasteiger charge is -2.00. The van der Waals surface area contributed by atoms with E-state index in [1.807, 2.05) is 0 Å². The van der Waals surface area contributed by atoms with Gasteiger partial charge < -0.3 is 0 Å². The Morgan fingerprint density at radius 3 is 2.93 bits per heavy atom. The fraction of sp³-hybridized carbons (Fsp3) is 0.500. The van der Waals surface area contributed by atoms with E-state index in [-0.39, 0.29) is 0 Å². The molecule has 0 bridgehead atoms. The van der Waals surface area contributed by atoms with Gasteiger partial charge in [-0.3, -0.25) is 10.1 Å². The van der Waals surface area contributed by atoms with Gasteiger partial charge in [-0.1, -0.05) is 23.2 Å². The third kappa shape index (κ3) is 2.02. The fourth-order valence-electron chi connectivity index (χ4n) is 1.40. The molecule has 1 aromatic heterocycles. The summed E-state index contributed by atoms with van der Waals surface area (Å²) in [6.45, 7) is 0. The Bertz CT molecular complexity index is 343. The summed E-state index contributed by atoms with van der Waals surface area (Å²) >= 11 is 12.3. The number of alkyl halides is 2. The van der Waals surface area contributed by atoms with Crippen LogP contribution in [0.3, 0.4) is 0 Å². The first-order chi connectivity index (χ1) is 6.66. The molecule has 1 aliphatic carbocycles. The number of nitrogens with one attached hydrogen (secondary N) is 1. The van der Waals surface area contributed by atoms with Gasteiger partial charge in [0.15, 0.2) is 9.97 Å². The second-order valence-corrected chi connectivity index (χ2v) is 5.21. The van der Waals surface area contributed by atoms with Crippen LogP contribution in [0.5, 0.6) is 0 Å². The molecule has 0 aliphatic heterocycles. The number of fused-ring (bicyclic) bond motifs is 1. The molecule has 1 aliphatic rings. The SMILES string of the molecule is O=C(Nc1nc2c(s1)CCC2)C(Cl)Cl. The number of rotatable bonds is 2. The van der Waals surface area contributed by atoms with Gasteiger partial charge >= 0.3 is 0 Å². The van der Waals surface area contributed by atoms with Crippen LogP contribution in [-0.2, 0) is 17.6 Å². The number of nitrogens with zero attached hydrogens (tertiary/aromatic N) is 1. The third-order valence-corrected chi connectivity index (χ3v) is 3.49. The Hall–Kier alpha value is -0.320. The van der Waals surface area contributed by atoms with Crippen molar-refractivity contribution in [3.8, 4) is 0 Å². The van der Waals surface area contributed by atoms with Crippen LogP contribution >= 0.6 is 34.5 Å². The minimum atomic E-state index is -1.03. The highest BCUT2D eigenvalue weighted by atomic mass is 35.5. The van der Waals surface area contributed by atoms with Gasteiger partial charge in [0.1, 0.15) is 0 Å². The predicted molar refractivity (Wildman–Crippen MR) is 58.3 cm³/mol. The second kappa shape index (κ2) is 4.04. The van der Waals surface area contributed by atoms with Crippen LogP contribution in [0.2, 0.25) is 0 Å². The van der Waals surface area contributed by atoms with Gasteiger partial charge in [-0.25, -0.2) is 4.98 Å². The van der Waals surface area contributed by atoms with Crippen LogP contribution < -0.4 is 5.32 Å². The molecule has 0 unspecified atom stereocenters. The summed E-state index contributed by atoms with van der Waals surface area (Å²) < 4.78 is 0. The van der Waals surface area contributed by atoms with E-state index in [0.29, 0.717) is 5.13 Å². The molecule has 76 valence electrons. The number of hydrogen-bond donors (Lipinski definition) is 1. The van der Waals surface area contributed by atoms with Gasteiger partial charge in [0.25, 0.3) is 5.91 Å². The molecule has 1 N–H and O–H groups in total. The molecule has 1 aromatic rings.